The average molecular weight is 308 g/mol. The number of ether oxygens (including phenoxy) is 1. The van der Waals surface area contributed by atoms with E-state index in [1.807, 2.05) is 0 Å². The molecule has 0 aliphatic heterocycles. The van der Waals surface area contributed by atoms with Crippen molar-refractivity contribution in [2.45, 2.75) is 0 Å². The Balaban J connectivity index is 2.68. The Morgan fingerprint density at radius 2 is 2.05 bits per heavy atom. The van der Waals surface area contributed by atoms with Gasteiger partial charge in [-0.1, -0.05) is 11.6 Å². The number of nitrogens with zero attached hydrogens (tertiary/aromatic N) is 2. The summed E-state index contributed by atoms with van der Waals surface area (Å²) in [5, 5.41) is 10.9. The van der Waals surface area contributed by atoms with E-state index in [0.29, 0.717) is 5.56 Å². The molecule has 0 fully saturated rings. The van der Waals surface area contributed by atoms with E-state index in [4.69, 9.17) is 22.1 Å². The van der Waals surface area contributed by atoms with Crippen LogP contribution in [0, 0.1) is 10.1 Å². The average Bonchev–Trinajstić information content (AvgIpc) is 2.46. The van der Waals surface area contributed by atoms with Crippen molar-refractivity contribution in [2.24, 2.45) is 5.73 Å². The number of nitro groups is 1. The van der Waals surface area contributed by atoms with Crippen molar-refractivity contribution < 1.29 is 14.5 Å². The van der Waals surface area contributed by atoms with Gasteiger partial charge < -0.3 is 10.5 Å². The highest BCUT2D eigenvalue weighted by Gasteiger charge is 2.18. The molecule has 1 aromatic carbocycles. The molecule has 0 saturated heterocycles. The number of amides is 1. The Morgan fingerprint density at radius 1 is 1.33 bits per heavy atom. The number of carbonyl (C=O) groups excluding carboxylic acids is 1. The van der Waals surface area contributed by atoms with Gasteiger partial charge in [-0.15, -0.1) is 0 Å². The predicted octanol–water partition coefficient (Wildman–Crippen LogP) is 2.42. The lowest BCUT2D eigenvalue weighted by Crippen LogP contribution is -2.12. The zero-order valence-corrected chi connectivity index (χ0v) is 11.6. The third kappa shape index (κ3) is 2.92. The van der Waals surface area contributed by atoms with Crippen LogP contribution >= 0.6 is 11.6 Å². The van der Waals surface area contributed by atoms with Crippen molar-refractivity contribution in [1.82, 2.24) is 4.98 Å². The van der Waals surface area contributed by atoms with Crippen LogP contribution in [0.2, 0.25) is 5.15 Å². The number of rotatable bonds is 4. The van der Waals surface area contributed by atoms with E-state index in [-0.39, 0.29) is 27.8 Å². The highest BCUT2D eigenvalue weighted by molar-refractivity contribution is 6.32. The Hall–Kier alpha value is -2.67. The van der Waals surface area contributed by atoms with Crippen molar-refractivity contribution in [2.75, 3.05) is 7.11 Å². The molecule has 0 aliphatic rings. The summed E-state index contributed by atoms with van der Waals surface area (Å²) in [6.45, 7) is 0. The molecule has 0 radical (unpaired) electrons. The number of hydrogen-bond donors (Lipinski definition) is 1. The maximum atomic E-state index is 11.5. The van der Waals surface area contributed by atoms with Gasteiger partial charge in [-0.3, -0.25) is 14.9 Å². The molecular weight excluding hydrogens is 298 g/mol. The lowest BCUT2D eigenvalue weighted by Gasteiger charge is -2.09. The van der Waals surface area contributed by atoms with Gasteiger partial charge >= 0.3 is 0 Å². The highest BCUT2D eigenvalue weighted by Crippen LogP contribution is 2.33. The summed E-state index contributed by atoms with van der Waals surface area (Å²) in [5.74, 6) is -0.429. The lowest BCUT2D eigenvalue weighted by molar-refractivity contribution is -0.384. The van der Waals surface area contributed by atoms with Gasteiger partial charge in [0.1, 0.15) is 5.15 Å². The Kier molecular flexibility index (Phi) is 4.04. The molecule has 0 spiro atoms. The normalized spacial score (nSPS) is 10.2. The number of pyridine rings is 1. The smallest absolute Gasteiger partial charge is 0.270 e. The van der Waals surface area contributed by atoms with E-state index in [9.17, 15) is 14.9 Å². The molecular formula is C13H10ClN3O4. The topological polar surface area (TPSA) is 108 Å². The summed E-state index contributed by atoms with van der Waals surface area (Å²) in [6.07, 6.45) is 0. The second-order valence-corrected chi connectivity index (χ2v) is 4.40. The fourth-order valence-electron chi connectivity index (χ4n) is 1.82. The van der Waals surface area contributed by atoms with Crippen molar-refractivity contribution in [3.05, 3.63) is 51.2 Å². The van der Waals surface area contributed by atoms with Gasteiger partial charge in [-0.2, -0.15) is 0 Å². The molecule has 1 heterocycles. The molecule has 2 rings (SSSR count). The van der Waals surface area contributed by atoms with Crippen LogP contribution in [0.3, 0.4) is 0 Å². The summed E-state index contributed by atoms with van der Waals surface area (Å²) >= 11 is 6.04. The van der Waals surface area contributed by atoms with Crippen molar-refractivity contribution in [1.29, 1.82) is 0 Å². The van der Waals surface area contributed by atoms with Gasteiger partial charge in [0, 0.05) is 34.9 Å². The van der Waals surface area contributed by atoms with Crippen LogP contribution in [-0.4, -0.2) is 22.9 Å². The number of nitrogens with two attached hydrogens (primary N) is 1. The summed E-state index contributed by atoms with van der Waals surface area (Å²) in [4.78, 5) is 25.7. The second-order valence-electron chi connectivity index (χ2n) is 4.04. The molecule has 0 bridgehead atoms. The number of hydrogen-bond acceptors (Lipinski definition) is 5. The lowest BCUT2D eigenvalue weighted by atomic mass is 10.00. The molecule has 2 N–H and O–H groups in total. The van der Waals surface area contributed by atoms with Gasteiger partial charge in [-0.05, 0) is 12.1 Å². The Labute approximate surface area is 124 Å². The van der Waals surface area contributed by atoms with Crippen molar-refractivity contribution in [3.63, 3.8) is 0 Å². The van der Waals surface area contributed by atoms with Crippen LogP contribution in [0.4, 0.5) is 5.69 Å². The second kappa shape index (κ2) is 5.76. The minimum atomic E-state index is -0.716. The van der Waals surface area contributed by atoms with Crippen LogP contribution in [0.1, 0.15) is 10.4 Å². The summed E-state index contributed by atoms with van der Waals surface area (Å²) in [7, 11) is 1.43. The molecule has 8 heteroatoms. The number of carbonyl (C=O) groups is 1. The fourth-order valence-corrected chi connectivity index (χ4v) is 2.06. The van der Waals surface area contributed by atoms with Gasteiger partial charge in [0.15, 0.2) is 0 Å². The predicted molar refractivity (Wildman–Crippen MR) is 76.4 cm³/mol. The van der Waals surface area contributed by atoms with Gasteiger partial charge in [0.05, 0.1) is 12.0 Å². The molecule has 1 aromatic heterocycles. The standard InChI is InChI=1S/C13H10ClN3O4/c1-21-11-5-4-8(12(14)16-11)10-6-7(17(19)20)2-3-9(10)13(15)18/h2-6H,1H3,(H2,15,18). The first kappa shape index (κ1) is 14.7. The number of benzene rings is 1. The van der Waals surface area contributed by atoms with E-state index >= 15 is 0 Å². The molecule has 21 heavy (non-hydrogen) atoms. The third-order valence-electron chi connectivity index (χ3n) is 2.80. The Bertz CT molecular complexity index is 733. The van der Waals surface area contributed by atoms with Crippen LogP contribution in [0.15, 0.2) is 30.3 Å². The van der Waals surface area contributed by atoms with Crippen molar-refractivity contribution in [3.8, 4) is 17.0 Å². The molecule has 0 aliphatic carbocycles. The number of methoxy groups -OCH3 is 1. The van der Waals surface area contributed by atoms with Crippen LogP contribution in [-0.2, 0) is 0 Å². The number of aromatic nitrogens is 1. The van der Waals surface area contributed by atoms with Gasteiger partial charge in [-0.25, -0.2) is 4.98 Å². The maximum Gasteiger partial charge on any atom is 0.270 e. The van der Waals surface area contributed by atoms with Crippen molar-refractivity contribution >= 4 is 23.2 Å². The molecule has 0 unspecified atom stereocenters. The highest BCUT2D eigenvalue weighted by atomic mass is 35.5. The van der Waals surface area contributed by atoms with E-state index in [0.717, 1.165) is 0 Å². The zero-order chi connectivity index (χ0) is 15.6. The van der Waals surface area contributed by atoms with Crippen LogP contribution < -0.4 is 10.5 Å². The zero-order valence-electron chi connectivity index (χ0n) is 10.9. The monoisotopic (exact) mass is 307 g/mol. The fraction of sp³-hybridized carbons (Fsp3) is 0.0769. The quantitative estimate of drug-likeness (QED) is 0.530. The van der Waals surface area contributed by atoms with E-state index in [2.05, 4.69) is 4.98 Å². The molecule has 108 valence electrons. The van der Waals surface area contributed by atoms with Gasteiger partial charge in [0.2, 0.25) is 11.8 Å². The Morgan fingerprint density at radius 3 is 2.57 bits per heavy atom. The number of non-ortho nitro benzene ring substituents is 1. The van der Waals surface area contributed by atoms with Gasteiger partial charge in [0.25, 0.3) is 5.69 Å². The van der Waals surface area contributed by atoms with E-state index in [1.54, 1.807) is 6.07 Å². The van der Waals surface area contributed by atoms with Crippen LogP contribution in [0.5, 0.6) is 5.88 Å². The molecule has 7 nitrogen and oxygen atoms in total. The number of nitro benzene ring substituents is 1. The molecule has 0 atom stereocenters. The summed E-state index contributed by atoms with van der Waals surface area (Å²) in [6, 6.07) is 6.81. The van der Waals surface area contributed by atoms with E-state index in [1.165, 1.54) is 31.4 Å². The first-order valence-electron chi connectivity index (χ1n) is 5.73. The first-order chi connectivity index (χ1) is 9.93. The third-order valence-corrected chi connectivity index (χ3v) is 3.09. The first-order valence-corrected chi connectivity index (χ1v) is 6.11. The molecule has 2 aromatic rings. The summed E-state index contributed by atoms with van der Waals surface area (Å²) in [5.41, 5.74) is 5.83. The molecule has 1 amide bonds. The van der Waals surface area contributed by atoms with E-state index < -0.39 is 10.8 Å². The summed E-state index contributed by atoms with van der Waals surface area (Å²) < 4.78 is 4.93. The largest absolute Gasteiger partial charge is 0.481 e. The SMILES string of the molecule is COc1ccc(-c2cc([N+](=O)[O-])ccc2C(N)=O)c(Cl)n1. The van der Waals surface area contributed by atoms with Crippen LogP contribution in [0.25, 0.3) is 11.1 Å². The minimum Gasteiger partial charge on any atom is -0.481 e. The number of primary amides is 1. The maximum absolute atomic E-state index is 11.5. The number of halogens is 1. The minimum absolute atomic E-state index is 0.0531. The molecule has 0 saturated carbocycles.